The van der Waals surface area contributed by atoms with E-state index in [2.05, 4.69) is 0 Å². The lowest BCUT2D eigenvalue weighted by atomic mass is 10.7. The van der Waals surface area contributed by atoms with Crippen molar-refractivity contribution >= 4 is 7.60 Å². The van der Waals surface area contributed by atoms with Crippen molar-refractivity contribution in [2.75, 3.05) is 19.9 Å². The van der Waals surface area contributed by atoms with Crippen LogP contribution in [0.5, 0.6) is 0 Å². The molecule has 0 saturated heterocycles. The normalized spacial score (nSPS) is 12.6. The Bertz CT molecular complexity index is 171. The molecule has 0 aromatic rings. The largest absolute Gasteiger partial charge is 0.353 e. The molecular formula is C7H14FO3P. The van der Waals surface area contributed by atoms with Gasteiger partial charge in [-0.05, 0) is 19.9 Å². The standard InChI is InChI=1S/C7H14FO3P/c1-3-10-12(9,11-4-2)7-5-6-8/h5,7H,3-4,6H2,1-2H3. The van der Waals surface area contributed by atoms with Crippen molar-refractivity contribution in [1.82, 2.24) is 0 Å². The Hall–Kier alpha value is -0.180. The van der Waals surface area contributed by atoms with E-state index in [0.29, 0.717) is 0 Å². The van der Waals surface area contributed by atoms with Crippen molar-refractivity contribution in [2.24, 2.45) is 0 Å². The topological polar surface area (TPSA) is 35.5 Å². The molecule has 0 aliphatic heterocycles. The number of hydrogen-bond donors (Lipinski definition) is 0. The van der Waals surface area contributed by atoms with E-state index in [-0.39, 0.29) is 13.2 Å². The van der Waals surface area contributed by atoms with Crippen molar-refractivity contribution in [1.29, 1.82) is 0 Å². The molecule has 12 heavy (non-hydrogen) atoms. The molecule has 0 aliphatic carbocycles. The van der Waals surface area contributed by atoms with Gasteiger partial charge in [0.1, 0.15) is 6.67 Å². The molecule has 0 spiro atoms. The van der Waals surface area contributed by atoms with E-state index in [1.807, 2.05) is 0 Å². The molecule has 0 saturated carbocycles. The summed E-state index contributed by atoms with van der Waals surface area (Å²) in [4.78, 5) is 0. The molecule has 0 amide bonds. The fourth-order valence-corrected chi connectivity index (χ4v) is 1.96. The molecule has 0 aromatic carbocycles. The monoisotopic (exact) mass is 196 g/mol. The second-order valence-corrected chi connectivity index (χ2v) is 3.81. The van der Waals surface area contributed by atoms with Gasteiger partial charge in [-0.1, -0.05) is 0 Å². The third kappa shape index (κ3) is 4.65. The van der Waals surface area contributed by atoms with Crippen LogP contribution in [0.2, 0.25) is 0 Å². The van der Waals surface area contributed by atoms with Gasteiger partial charge in [0.2, 0.25) is 0 Å². The highest BCUT2D eigenvalue weighted by molar-refractivity contribution is 7.57. The summed E-state index contributed by atoms with van der Waals surface area (Å²) in [5, 5.41) is 0. The summed E-state index contributed by atoms with van der Waals surface area (Å²) in [6.07, 6.45) is 1.13. The van der Waals surface area contributed by atoms with Crippen LogP contribution in [0.25, 0.3) is 0 Å². The molecule has 0 bridgehead atoms. The quantitative estimate of drug-likeness (QED) is 0.612. The summed E-state index contributed by atoms with van der Waals surface area (Å²) in [5.41, 5.74) is 0. The van der Waals surface area contributed by atoms with E-state index >= 15 is 0 Å². The smallest absolute Gasteiger partial charge is 0.306 e. The fraction of sp³-hybridized carbons (Fsp3) is 0.714. The van der Waals surface area contributed by atoms with Gasteiger partial charge in [0, 0.05) is 5.82 Å². The summed E-state index contributed by atoms with van der Waals surface area (Å²) in [6.45, 7) is 3.32. The zero-order valence-corrected chi connectivity index (χ0v) is 8.22. The molecule has 0 N–H and O–H groups in total. The molecule has 0 aliphatic rings. The lowest BCUT2D eigenvalue weighted by molar-refractivity contribution is 0.228. The molecule has 3 nitrogen and oxygen atoms in total. The van der Waals surface area contributed by atoms with Crippen LogP contribution >= 0.6 is 7.60 Å². The second kappa shape index (κ2) is 6.35. The van der Waals surface area contributed by atoms with Crippen LogP contribution in [-0.2, 0) is 13.6 Å². The van der Waals surface area contributed by atoms with E-state index in [0.717, 1.165) is 11.9 Å². The van der Waals surface area contributed by atoms with E-state index in [4.69, 9.17) is 9.05 Å². The summed E-state index contributed by atoms with van der Waals surface area (Å²) < 4.78 is 32.9. The first-order chi connectivity index (χ1) is 5.68. The van der Waals surface area contributed by atoms with E-state index < -0.39 is 14.3 Å². The van der Waals surface area contributed by atoms with Gasteiger partial charge in [-0.15, -0.1) is 0 Å². The van der Waals surface area contributed by atoms with Crippen LogP contribution in [0.15, 0.2) is 11.9 Å². The molecule has 0 atom stereocenters. The van der Waals surface area contributed by atoms with Crippen molar-refractivity contribution in [3.8, 4) is 0 Å². The van der Waals surface area contributed by atoms with Gasteiger partial charge < -0.3 is 9.05 Å². The van der Waals surface area contributed by atoms with Crippen LogP contribution < -0.4 is 0 Å². The van der Waals surface area contributed by atoms with Crippen LogP contribution in [0.3, 0.4) is 0 Å². The Labute approximate surface area is 72.1 Å². The summed E-state index contributed by atoms with van der Waals surface area (Å²) in [7, 11) is -3.16. The summed E-state index contributed by atoms with van der Waals surface area (Å²) >= 11 is 0. The lowest BCUT2D eigenvalue weighted by Crippen LogP contribution is -1.92. The molecule has 0 unspecified atom stereocenters. The number of alkyl halides is 1. The zero-order valence-electron chi connectivity index (χ0n) is 7.33. The minimum Gasteiger partial charge on any atom is -0.306 e. The van der Waals surface area contributed by atoms with Crippen molar-refractivity contribution in [3.63, 3.8) is 0 Å². The Morgan fingerprint density at radius 2 is 1.83 bits per heavy atom. The highest BCUT2D eigenvalue weighted by atomic mass is 31.2. The maximum Gasteiger partial charge on any atom is 0.353 e. The van der Waals surface area contributed by atoms with E-state index in [1.54, 1.807) is 13.8 Å². The van der Waals surface area contributed by atoms with Gasteiger partial charge >= 0.3 is 7.60 Å². The first-order valence-corrected chi connectivity index (χ1v) is 5.42. The molecule has 0 heterocycles. The average molecular weight is 196 g/mol. The molecule has 72 valence electrons. The average Bonchev–Trinajstić information content (AvgIpc) is 2.02. The van der Waals surface area contributed by atoms with Crippen LogP contribution in [-0.4, -0.2) is 19.9 Å². The van der Waals surface area contributed by atoms with E-state index in [1.165, 1.54) is 0 Å². The zero-order chi connectivity index (χ0) is 9.45. The highest BCUT2D eigenvalue weighted by Gasteiger charge is 2.18. The summed E-state index contributed by atoms with van der Waals surface area (Å²) in [6, 6.07) is 0. The minimum atomic E-state index is -3.16. The predicted molar refractivity (Wildman–Crippen MR) is 46.0 cm³/mol. The van der Waals surface area contributed by atoms with Crippen molar-refractivity contribution < 1.29 is 18.0 Å². The molecule has 5 heteroatoms. The van der Waals surface area contributed by atoms with Crippen molar-refractivity contribution in [2.45, 2.75) is 13.8 Å². The van der Waals surface area contributed by atoms with Gasteiger partial charge in [0.05, 0.1) is 13.2 Å². The Balaban J connectivity index is 4.18. The maximum absolute atomic E-state index is 11.7. The first kappa shape index (κ1) is 11.8. The van der Waals surface area contributed by atoms with Crippen LogP contribution in [0.4, 0.5) is 4.39 Å². The number of hydrogen-bond acceptors (Lipinski definition) is 3. The first-order valence-electron chi connectivity index (χ1n) is 3.81. The molecule has 0 aromatic heterocycles. The maximum atomic E-state index is 11.7. The van der Waals surface area contributed by atoms with Gasteiger partial charge in [-0.25, -0.2) is 4.39 Å². The highest BCUT2D eigenvalue weighted by Crippen LogP contribution is 2.49. The molecular weight excluding hydrogens is 182 g/mol. The lowest BCUT2D eigenvalue weighted by Gasteiger charge is -2.11. The fourth-order valence-electron chi connectivity index (χ4n) is 0.652. The molecule has 0 radical (unpaired) electrons. The summed E-state index contributed by atoms with van der Waals surface area (Å²) in [5.74, 6) is 1.15. The van der Waals surface area contributed by atoms with Gasteiger partial charge in [0.25, 0.3) is 0 Å². The number of rotatable bonds is 6. The number of halogens is 1. The predicted octanol–water partition coefficient (Wildman–Crippen LogP) is 2.74. The minimum absolute atomic E-state index is 0.286. The Morgan fingerprint density at radius 3 is 2.17 bits per heavy atom. The van der Waals surface area contributed by atoms with Gasteiger partial charge in [0.15, 0.2) is 0 Å². The van der Waals surface area contributed by atoms with Crippen LogP contribution in [0, 0.1) is 0 Å². The molecule has 0 fully saturated rings. The van der Waals surface area contributed by atoms with Crippen LogP contribution in [0.1, 0.15) is 13.8 Å². The molecule has 0 rings (SSSR count). The van der Waals surface area contributed by atoms with Crippen molar-refractivity contribution in [3.05, 3.63) is 11.9 Å². The third-order valence-electron chi connectivity index (χ3n) is 0.995. The third-order valence-corrected chi connectivity index (χ3v) is 2.81. The Kier molecular flexibility index (Phi) is 6.25. The van der Waals surface area contributed by atoms with Gasteiger partial charge in [-0.2, -0.15) is 0 Å². The Morgan fingerprint density at radius 1 is 1.33 bits per heavy atom. The second-order valence-electron chi connectivity index (χ2n) is 1.91. The van der Waals surface area contributed by atoms with E-state index in [9.17, 15) is 8.96 Å². The number of allylic oxidation sites excluding steroid dienone is 1. The van der Waals surface area contributed by atoms with Gasteiger partial charge in [-0.3, -0.25) is 4.57 Å². The SMILES string of the molecule is CCOP(=O)(C=CCF)OCC.